The monoisotopic (exact) mass is 346 g/mol. The van der Waals surface area contributed by atoms with Crippen molar-refractivity contribution in [3.05, 3.63) is 54.1 Å². The van der Waals surface area contributed by atoms with E-state index in [4.69, 9.17) is 5.73 Å². The lowest BCUT2D eigenvalue weighted by Crippen LogP contribution is -2.21. The van der Waals surface area contributed by atoms with Gasteiger partial charge in [0.15, 0.2) is 0 Å². The second-order valence-corrected chi connectivity index (χ2v) is 7.48. The maximum absolute atomic E-state index is 12.6. The van der Waals surface area contributed by atoms with Gasteiger partial charge in [0.1, 0.15) is 0 Å². The smallest absolute Gasteiger partial charge is 0.238 e. The van der Waals surface area contributed by atoms with Gasteiger partial charge in [0, 0.05) is 5.69 Å². The number of hydrogen-bond acceptors (Lipinski definition) is 4. The van der Waals surface area contributed by atoms with E-state index in [1.165, 1.54) is 12.1 Å². The Hall–Kier alpha value is -2.18. The number of rotatable bonds is 7. The summed E-state index contributed by atoms with van der Waals surface area (Å²) in [6.45, 7) is 2.00. The lowest BCUT2D eigenvalue weighted by molar-refractivity contribution is -0.114. The molecule has 6 heteroatoms. The fourth-order valence-corrected chi connectivity index (χ4v) is 3.54. The van der Waals surface area contributed by atoms with E-state index in [9.17, 15) is 13.2 Å². The lowest BCUT2D eigenvalue weighted by atomic mass is 10.1. The Kier molecular flexibility index (Phi) is 6.11. The topological polar surface area (TPSA) is 89.3 Å². The number of carbonyl (C=O) groups is 1. The first-order chi connectivity index (χ1) is 11.5. The molecule has 0 saturated heterocycles. The van der Waals surface area contributed by atoms with Crippen LogP contribution in [-0.2, 0) is 21.1 Å². The van der Waals surface area contributed by atoms with Gasteiger partial charge in [-0.3, -0.25) is 4.79 Å². The van der Waals surface area contributed by atoms with Crippen LogP contribution in [-0.4, -0.2) is 20.9 Å². The van der Waals surface area contributed by atoms with Crippen molar-refractivity contribution in [3.63, 3.8) is 0 Å². The Morgan fingerprint density at radius 3 is 2.04 bits per heavy atom. The van der Waals surface area contributed by atoms with Crippen LogP contribution >= 0.6 is 0 Å². The highest BCUT2D eigenvalue weighted by atomic mass is 32.2. The van der Waals surface area contributed by atoms with Crippen molar-refractivity contribution in [2.24, 2.45) is 5.73 Å². The molecule has 2 aromatic rings. The predicted octanol–water partition coefficient (Wildman–Crippen LogP) is 2.76. The van der Waals surface area contributed by atoms with Gasteiger partial charge in [0.05, 0.1) is 16.3 Å². The van der Waals surface area contributed by atoms with Crippen molar-refractivity contribution in [1.29, 1.82) is 0 Å². The van der Waals surface area contributed by atoms with Gasteiger partial charge in [-0.05, 0) is 54.8 Å². The van der Waals surface area contributed by atoms with Crippen molar-refractivity contribution in [3.8, 4) is 0 Å². The number of nitrogens with one attached hydrogen (secondary N) is 1. The number of unbranched alkanes of at least 4 members (excludes halogenated alkanes) is 1. The highest BCUT2D eigenvalue weighted by Crippen LogP contribution is 2.23. The SMILES string of the molecule is CCCCc1ccc(S(=O)(=O)c2ccc(NC(=O)CN)cc2)cc1. The Morgan fingerprint density at radius 1 is 1.00 bits per heavy atom. The molecular formula is C18H22N2O3S. The number of carbonyl (C=O) groups excluding carboxylic acids is 1. The molecule has 0 saturated carbocycles. The van der Waals surface area contributed by atoms with Gasteiger partial charge in [-0.1, -0.05) is 25.5 Å². The maximum atomic E-state index is 12.6. The molecule has 0 atom stereocenters. The molecule has 0 unspecified atom stereocenters. The molecule has 0 aliphatic carbocycles. The minimum atomic E-state index is -3.56. The summed E-state index contributed by atoms with van der Waals surface area (Å²) in [6, 6.07) is 13.1. The number of anilines is 1. The molecule has 0 aliphatic rings. The maximum Gasteiger partial charge on any atom is 0.238 e. The van der Waals surface area contributed by atoms with Crippen molar-refractivity contribution >= 4 is 21.4 Å². The zero-order valence-corrected chi connectivity index (χ0v) is 14.5. The molecule has 128 valence electrons. The van der Waals surface area contributed by atoms with Crippen LogP contribution in [0, 0.1) is 0 Å². The molecule has 0 aliphatic heterocycles. The Balaban J connectivity index is 2.18. The third kappa shape index (κ3) is 4.43. The zero-order chi connectivity index (χ0) is 17.6. The normalized spacial score (nSPS) is 11.2. The first kappa shape index (κ1) is 18.2. The second kappa shape index (κ2) is 8.08. The first-order valence-electron chi connectivity index (χ1n) is 7.91. The van der Waals surface area contributed by atoms with Crippen LogP contribution in [0.1, 0.15) is 25.3 Å². The fraction of sp³-hybridized carbons (Fsp3) is 0.278. The van der Waals surface area contributed by atoms with Crippen LogP contribution in [0.25, 0.3) is 0 Å². The number of amides is 1. The molecule has 0 radical (unpaired) electrons. The molecule has 1 amide bonds. The minimum Gasteiger partial charge on any atom is -0.325 e. The van der Waals surface area contributed by atoms with Crippen molar-refractivity contribution < 1.29 is 13.2 Å². The quantitative estimate of drug-likeness (QED) is 0.807. The van der Waals surface area contributed by atoms with Gasteiger partial charge < -0.3 is 11.1 Å². The molecule has 0 aromatic heterocycles. The molecule has 2 rings (SSSR count). The first-order valence-corrected chi connectivity index (χ1v) is 9.39. The molecule has 2 aromatic carbocycles. The van der Waals surface area contributed by atoms with Crippen LogP contribution < -0.4 is 11.1 Å². The number of nitrogens with two attached hydrogens (primary N) is 1. The second-order valence-electron chi connectivity index (χ2n) is 5.53. The molecular weight excluding hydrogens is 324 g/mol. The standard InChI is InChI=1S/C18H22N2O3S/c1-2-3-4-14-5-9-16(10-6-14)24(22,23)17-11-7-15(8-12-17)20-18(21)13-19/h5-12H,2-4,13,19H2,1H3,(H,20,21). The molecule has 3 N–H and O–H groups in total. The van der Waals surface area contributed by atoms with Crippen molar-refractivity contribution in [1.82, 2.24) is 0 Å². The van der Waals surface area contributed by atoms with E-state index < -0.39 is 9.84 Å². The fourth-order valence-electron chi connectivity index (χ4n) is 2.28. The molecule has 0 heterocycles. The summed E-state index contributed by atoms with van der Waals surface area (Å²) in [5.41, 5.74) is 6.88. The summed E-state index contributed by atoms with van der Waals surface area (Å²) in [7, 11) is -3.56. The van der Waals surface area contributed by atoms with Crippen molar-refractivity contribution in [2.75, 3.05) is 11.9 Å². The summed E-state index contributed by atoms with van der Waals surface area (Å²) in [5, 5.41) is 2.58. The van der Waals surface area contributed by atoms with E-state index >= 15 is 0 Å². The summed E-state index contributed by atoms with van der Waals surface area (Å²) >= 11 is 0. The van der Waals surface area contributed by atoms with E-state index in [0.717, 1.165) is 24.8 Å². The van der Waals surface area contributed by atoms with E-state index in [1.54, 1.807) is 24.3 Å². The number of aryl methyl sites for hydroxylation is 1. The Labute approximate surface area is 142 Å². The third-order valence-corrected chi connectivity index (χ3v) is 5.47. The molecule has 24 heavy (non-hydrogen) atoms. The number of hydrogen-bond donors (Lipinski definition) is 2. The summed E-state index contributed by atoms with van der Waals surface area (Å²) in [4.78, 5) is 11.7. The summed E-state index contributed by atoms with van der Waals surface area (Å²) < 4.78 is 25.3. The van der Waals surface area contributed by atoms with Crippen molar-refractivity contribution in [2.45, 2.75) is 36.0 Å². The van der Waals surface area contributed by atoms with Gasteiger partial charge in [-0.15, -0.1) is 0 Å². The van der Waals surface area contributed by atoms with E-state index in [1.807, 2.05) is 12.1 Å². The van der Waals surface area contributed by atoms with Gasteiger partial charge >= 0.3 is 0 Å². The third-order valence-electron chi connectivity index (χ3n) is 3.69. The highest BCUT2D eigenvalue weighted by molar-refractivity contribution is 7.91. The minimum absolute atomic E-state index is 0.121. The van der Waals surface area contributed by atoms with Gasteiger partial charge in [0.25, 0.3) is 0 Å². The predicted molar refractivity (Wildman–Crippen MR) is 94.6 cm³/mol. The van der Waals surface area contributed by atoms with Gasteiger partial charge in [-0.25, -0.2) is 8.42 Å². The lowest BCUT2D eigenvalue weighted by Gasteiger charge is -2.08. The largest absolute Gasteiger partial charge is 0.325 e. The Morgan fingerprint density at radius 2 is 1.54 bits per heavy atom. The van der Waals surface area contributed by atoms with E-state index in [-0.39, 0.29) is 22.2 Å². The average molecular weight is 346 g/mol. The summed E-state index contributed by atoms with van der Waals surface area (Å²) in [5.74, 6) is -0.326. The molecule has 5 nitrogen and oxygen atoms in total. The van der Waals surface area contributed by atoms with Gasteiger partial charge in [0.2, 0.25) is 15.7 Å². The average Bonchev–Trinajstić information content (AvgIpc) is 2.60. The number of sulfone groups is 1. The molecule has 0 bridgehead atoms. The van der Waals surface area contributed by atoms with E-state index in [0.29, 0.717) is 5.69 Å². The zero-order valence-electron chi connectivity index (χ0n) is 13.7. The van der Waals surface area contributed by atoms with Gasteiger partial charge in [-0.2, -0.15) is 0 Å². The number of benzene rings is 2. The van der Waals surface area contributed by atoms with E-state index in [2.05, 4.69) is 12.2 Å². The Bertz CT molecular complexity index is 782. The van der Waals surface area contributed by atoms with Crippen LogP contribution in [0.3, 0.4) is 0 Å². The summed E-state index contributed by atoms with van der Waals surface area (Å²) in [6.07, 6.45) is 3.14. The van der Waals surface area contributed by atoms with Crippen LogP contribution in [0.4, 0.5) is 5.69 Å². The van der Waals surface area contributed by atoms with Crippen LogP contribution in [0.5, 0.6) is 0 Å². The molecule has 0 spiro atoms. The molecule has 0 fully saturated rings. The highest BCUT2D eigenvalue weighted by Gasteiger charge is 2.17. The van der Waals surface area contributed by atoms with Crippen LogP contribution in [0.2, 0.25) is 0 Å². The van der Waals surface area contributed by atoms with Crippen LogP contribution in [0.15, 0.2) is 58.3 Å².